The quantitative estimate of drug-likeness (QED) is 0.749. The van der Waals surface area contributed by atoms with E-state index in [0.717, 1.165) is 12.3 Å². The molecule has 2 N–H and O–H groups in total. The van der Waals surface area contributed by atoms with Gasteiger partial charge in [-0.3, -0.25) is 0 Å². The molecule has 14 heavy (non-hydrogen) atoms. The standard InChI is InChI=1S/C7H4F3N3O/c8-7(9,10)14-6-5(12)1-4(2-11)3-13-6/h1,3H,12H2. The Morgan fingerprint density at radius 1 is 1.50 bits per heavy atom. The summed E-state index contributed by atoms with van der Waals surface area (Å²) >= 11 is 0. The van der Waals surface area contributed by atoms with Crippen LogP contribution in [0.1, 0.15) is 5.56 Å². The molecule has 0 radical (unpaired) electrons. The van der Waals surface area contributed by atoms with E-state index in [1.54, 1.807) is 6.07 Å². The summed E-state index contributed by atoms with van der Waals surface area (Å²) in [5.41, 5.74) is 4.90. The highest BCUT2D eigenvalue weighted by molar-refractivity contribution is 5.51. The average Bonchev–Trinajstić information content (AvgIpc) is 2.06. The summed E-state index contributed by atoms with van der Waals surface area (Å²) in [5.74, 6) is -0.753. The van der Waals surface area contributed by atoms with E-state index in [1.165, 1.54) is 0 Å². The molecule has 1 aromatic heterocycles. The number of hydrogen-bond donors (Lipinski definition) is 1. The smallest absolute Gasteiger partial charge is 0.394 e. The fraction of sp³-hybridized carbons (Fsp3) is 0.143. The highest BCUT2D eigenvalue weighted by atomic mass is 19.4. The van der Waals surface area contributed by atoms with Gasteiger partial charge in [-0.2, -0.15) is 5.26 Å². The number of rotatable bonds is 1. The van der Waals surface area contributed by atoms with Crippen LogP contribution in [0.25, 0.3) is 0 Å². The molecule has 0 bridgehead atoms. The fourth-order valence-corrected chi connectivity index (χ4v) is 0.725. The molecule has 0 unspecified atom stereocenters. The first-order valence-corrected chi connectivity index (χ1v) is 3.34. The second-order valence-corrected chi connectivity index (χ2v) is 2.28. The summed E-state index contributed by atoms with van der Waals surface area (Å²) in [6.07, 6.45) is -3.90. The number of ether oxygens (including phenoxy) is 1. The molecule has 0 amide bonds. The van der Waals surface area contributed by atoms with Crippen LogP contribution in [-0.2, 0) is 0 Å². The molecule has 0 fully saturated rings. The van der Waals surface area contributed by atoms with E-state index in [1.807, 2.05) is 0 Å². The molecule has 0 aliphatic rings. The minimum absolute atomic E-state index is 0.0667. The van der Waals surface area contributed by atoms with Crippen LogP contribution in [0.5, 0.6) is 5.88 Å². The van der Waals surface area contributed by atoms with E-state index in [-0.39, 0.29) is 11.3 Å². The first-order chi connectivity index (χ1) is 6.42. The number of nitriles is 1. The van der Waals surface area contributed by atoms with E-state index in [9.17, 15) is 13.2 Å². The third-order valence-electron chi connectivity index (χ3n) is 1.22. The van der Waals surface area contributed by atoms with Crippen molar-refractivity contribution in [1.82, 2.24) is 4.98 Å². The van der Waals surface area contributed by atoms with Crippen molar-refractivity contribution in [3.8, 4) is 11.9 Å². The minimum Gasteiger partial charge on any atom is -0.394 e. The monoisotopic (exact) mass is 203 g/mol. The maximum atomic E-state index is 11.7. The minimum atomic E-state index is -4.84. The maximum Gasteiger partial charge on any atom is 0.574 e. The highest BCUT2D eigenvalue weighted by Gasteiger charge is 2.32. The van der Waals surface area contributed by atoms with Gasteiger partial charge in [-0.15, -0.1) is 13.2 Å². The summed E-state index contributed by atoms with van der Waals surface area (Å²) in [7, 11) is 0. The molecule has 0 aromatic carbocycles. The lowest BCUT2D eigenvalue weighted by Gasteiger charge is -2.09. The number of nitrogens with two attached hydrogens (primary N) is 1. The van der Waals surface area contributed by atoms with Gasteiger partial charge in [0.25, 0.3) is 0 Å². The molecular weight excluding hydrogens is 199 g/mol. The van der Waals surface area contributed by atoms with Crippen LogP contribution < -0.4 is 10.5 Å². The lowest BCUT2D eigenvalue weighted by atomic mass is 10.3. The number of halogens is 3. The summed E-state index contributed by atoms with van der Waals surface area (Å²) in [4.78, 5) is 3.24. The molecule has 1 aromatic rings. The Morgan fingerprint density at radius 3 is 2.57 bits per heavy atom. The second kappa shape index (κ2) is 3.41. The van der Waals surface area contributed by atoms with Gasteiger partial charge in [0.2, 0.25) is 5.88 Å². The zero-order valence-electron chi connectivity index (χ0n) is 6.67. The SMILES string of the molecule is N#Cc1cnc(OC(F)(F)F)c(N)c1. The van der Waals surface area contributed by atoms with Gasteiger partial charge in [0.05, 0.1) is 11.3 Å². The van der Waals surface area contributed by atoms with Crippen LogP contribution in [-0.4, -0.2) is 11.3 Å². The molecule has 0 saturated heterocycles. The molecule has 0 saturated carbocycles. The molecule has 1 rings (SSSR count). The van der Waals surface area contributed by atoms with Gasteiger partial charge < -0.3 is 10.5 Å². The predicted molar refractivity (Wildman–Crippen MR) is 40.0 cm³/mol. The van der Waals surface area contributed by atoms with Gasteiger partial charge in [0, 0.05) is 6.20 Å². The summed E-state index contributed by atoms with van der Waals surface area (Å²) < 4.78 is 38.6. The molecule has 0 aliphatic heterocycles. The van der Waals surface area contributed by atoms with Crippen molar-refractivity contribution in [2.24, 2.45) is 0 Å². The molecular formula is C7H4F3N3O. The number of aromatic nitrogens is 1. The van der Waals surface area contributed by atoms with E-state index < -0.39 is 12.2 Å². The predicted octanol–water partition coefficient (Wildman–Crippen LogP) is 1.43. The molecule has 0 atom stereocenters. The Hall–Kier alpha value is -1.97. The van der Waals surface area contributed by atoms with Crippen LogP contribution in [0, 0.1) is 11.3 Å². The number of anilines is 1. The van der Waals surface area contributed by atoms with E-state index in [0.29, 0.717) is 0 Å². The highest BCUT2D eigenvalue weighted by Crippen LogP contribution is 2.25. The average molecular weight is 203 g/mol. The van der Waals surface area contributed by atoms with Crippen LogP contribution in [0.4, 0.5) is 18.9 Å². The zero-order chi connectivity index (χ0) is 10.8. The van der Waals surface area contributed by atoms with E-state index in [2.05, 4.69) is 9.72 Å². The fourth-order valence-electron chi connectivity index (χ4n) is 0.725. The lowest BCUT2D eigenvalue weighted by molar-refractivity contribution is -0.275. The largest absolute Gasteiger partial charge is 0.574 e. The van der Waals surface area contributed by atoms with Crippen molar-refractivity contribution in [3.05, 3.63) is 17.8 Å². The summed E-state index contributed by atoms with van der Waals surface area (Å²) in [6, 6.07) is 2.73. The van der Waals surface area contributed by atoms with Crippen molar-refractivity contribution in [1.29, 1.82) is 5.26 Å². The number of hydrogen-bond acceptors (Lipinski definition) is 4. The Bertz CT molecular complexity index is 383. The Morgan fingerprint density at radius 2 is 2.14 bits per heavy atom. The van der Waals surface area contributed by atoms with Crippen LogP contribution >= 0.6 is 0 Å². The molecule has 0 spiro atoms. The second-order valence-electron chi connectivity index (χ2n) is 2.28. The normalized spacial score (nSPS) is 10.7. The third kappa shape index (κ3) is 2.52. The number of alkyl halides is 3. The van der Waals surface area contributed by atoms with Crippen LogP contribution in [0.15, 0.2) is 12.3 Å². The number of nitrogens with zero attached hydrogens (tertiary/aromatic N) is 2. The van der Waals surface area contributed by atoms with Gasteiger partial charge in [0.1, 0.15) is 6.07 Å². The molecule has 74 valence electrons. The van der Waals surface area contributed by atoms with Crippen molar-refractivity contribution in [2.45, 2.75) is 6.36 Å². The van der Waals surface area contributed by atoms with Crippen molar-refractivity contribution >= 4 is 5.69 Å². The van der Waals surface area contributed by atoms with Crippen molar-refractivity contribution < 1.29 is 17.9 Å². The van der Waals surface area contributed by atoms with Crippen molar-refractivity contribution in [3.63, 3.8) is 0 Å². The maximum absolute atomic E-state index is 11.7. The molecule has 0 aliphatic carbocycles. The first-order valence-electron chi connectivity index (χ1n) is 3.34. The van der Waals surface area contributed by atoms with E-state index >= 15 is 0 Å². The number of pyridine rings is 1. The van der Waals surface area contributed by atoms with Crippen LogP contribution in [0.2, 0.25) is 0 Å². The van der Waals surface area contributed by atoms with Gasteiger partial charge >= 0.3 is 6.36 Å². The van der Waals surface area contributed by atoms with Crippen LogP contribution in [0.3, 0.4) is 0 Å². The van der Waals surface area contributed by atoms with Crippen molar-refractivity contribution in [2.75, 3.05) is 5.73 Å². The van der Waals surface area contributed by atoms with Gasteiger partial charge in [-0.25, -0.2) is 4.98 Å². The Balaban J connectivity index is 2.97. The molecule has 7 heteroatoms. The lowest BCUT2D eigenvalue weighted by Crippen LogP contribution is -2.18. The Kier molecular flexibility index (Phi) is 2.47. The summed E-state index contributed by atoms with van der Waals surface area (Å²) in [6.45, 7) is 0. The first kappa shape index (κ1) is 10.1. The zero-order valence-corrected chi connectivity index (χ0v) is 6.67. The van der Waals surface area contributed by atoms with E-state index in [4.69, 9.17) is 11.0 Å². The third-order valence-corrected chi connectivity index (χ3v) is 1.22. The van der Waals surface area contributed by atoms with Gasteiger partial charge in [0.15, 0.2) is 0 Å². The molecule has 1 heterocycles. The summed E-state index contributed by atoms with van der Waals surface area (Å²) in [5, 5.41) is 8.38. The van der Waals surface area contributed by atoms with Gasteiger partial charge in [-0.05, 0) is 6.07 Å². The topological polar surface area (TPSA) is 71.9 Å². The number of nitrogen functional groups attached to an aromatic ring is 1. The Labute approximate surface area is 76.7 Å². The molecule has 4 nitrogen and oxygen atoms in total. The van der Waals surface area contributed by atoms with Gasteiger partial charge in [-0.1, -0.05) is 0 Å².